The van der Waals surface area contributed by atoms with Gasteiger partial charge in [-0.15, -0.1) is 11.8 Å². The van der Waals surface area contributed by atoms with Crippen LogP contribution in [0.25, 0.3) is 10.9 Å². The molecule has 1 heterocycles. The van der Waals surface area contributed by atoms with E-state index < -0.39 is 0 Å². The quantitative estimate of drug-likeness (QED) is 0.561. The Morgan fingerprint density at radius 1 is 1.18 bits per heavy atom. The molecular weight excluding hydrogens is 392 g/mol. The number of carbonyl (C=O) groups is 1. The van der Waals surface area contributed by atoms with Crippen molar-refractivity contribution < 1.29 is 9.53 Å². The van der Waals surface area contributed by atoms with E-state index in [0.29, 0.717) is 10.8 Å². The second-order valence-corrected chi connectivity index (χ2v) is 8.22. The number of nitrogens with zero attached hydrogens (tertiary/aromatic N) is 1. The van der Waals surface area contributed by atoms with Gasteiger partial charge in [-0.2, -0.15) is 0 Å². The van der Waals surface area contributed by atoms with Gasteiger partial charge < -0.3 is 10.1 Å². The first-order valence-electron chi connectivity index (χ1n) is 9.32. The largest absolute Gasteiger partial charge is 0.497 e. The van der Waals surface area contributed by atoms with Crippen LogP contribution in [-0.2, 0) is 17.6 Å². The Balaban J connectivity index is 1.56. The maximum Gasteiger partial charge on any atom is 0.234 e. The Morgan fingerprint density at radius 2 is 1.96 bits per heavy atom. The van der Waals surface area contributed by atoms with E-state index in [-0.39, 0.29) is 5.91 Å². The molecule has 28 heavy (non-hydrogen) atoms. The highest BCUT2D eigenvalue weighted by atomic mass is 35.5. The van der Waals surface area contributed by atoms with Crippen molar-refractivity contribution in [2.45, 2.75) is 30.6 Å². The van der Waals surface area contributed by atoms with Crippen LogP contribution in [0.1, 0.15) is 24.1 Å². The van der Waals surface area contributed by atoms with Gasteiger partial charge in [0.05, 0.1) is 18.4 Å². The molecule has 0 atom stereocenters. The molecule has 1 aromatic heterocycles. The van der Waals surface area contributed by atoms with Gasteiger partial charge in [0.25, 0.3) is 0 Å². The van der Waals surface area contributed by atoms with Gasteiger partial charge in [0.1, 0.15) is 5.75 Å². The second-order valence-electron chi connectivity index (χ2n) is 6.80. The normalized spacial score (nSPS) is 13.2. The van der Waals surface area contributed by atoms with Crippen LogP contribution in [0.15, 0.2) is 47.4 Å². The Kier molecular flexibility index (Phi) is 5.74. The Hall–Kier alpha value is -2.24. The Morgan fingerprint density at radius 3 is 2.75 bits per heavy atom. The molecule has 4 rings (SSSR count). The number of amides is 1. The molecule has 1 N–H and O–H groups in total. The van der Waals surface area contributed by atoms with Crippen molar-refractivity contribution in [2.75, 3.05) is 18.2 Å². The average Bonchev–Trinajstić information content (AvgIpc) is 2.72. The van der Waals surface area contributed by atoms with Crippen LogP contribution >= 0.6 is 23.4 Å². The predicted molar refractivity (Wildman–Crippen MR) is 116 cm³/mol. The van der Waals surface area contributed by atoms with Crippen molar-refractivity contribution in [3.8, 4) is 5.75 Å². The molecule has 1 aliphatic rings. The average molecular weight is 413 g/mol. The molecule has 0 bridgehead atoms. The van der Waals surface area contributed by atoms with Crippen molar-refractivity contribution in [1.29, 1.82) is 0 Å². The summed E-state index contributed by atoms with van der Waals surface area (Å²) in [4.78, 5) is 18.5. The summed E-state index contributed by atoms with van der Waals surface area (Å²) in [5.74, 6) is 1.07. The third-order valence-electron chi connectivity index (χ3n) is 4.89. The van der Waals surface area contributed by atoms with Crippen molar-refractivity contribution in [2.24, 2.45) is 0 Å². The molecule has 3 aromatic rings. The molecule has 4 nitrogen and oxygen atoms in total. The maximum atomic E-state index is 12.5. The number of rotatable bonds is 5. The minimum absolute atomic E-state index is 0.0354. The molecule has 1 aliphatic carbocycles. The lowest BCUT2D eigenvalue weighted by Gasteiger charge is -2.20. The minimum atomic E-state index is -0.0354. The fourth-order valence-electron chi connectivity index (χ4n) is 3.53. The topological polar surface area (TPSA) is 51.2 Å². The highest BCUT2D eigenvalue weighted by molar-refractivity contribution is 8.00. The van der Waals surface area contributed by atoms with Gasteiger partial charge in [-0.25, -0.2) is 0 Å². The summed E-state index contributed by atoms with van der Waals surface area (Å²) in [6, 6.07) is 13.1. The number of ether oxygens (including phenoxy) is 1. The summed E-state index contributed by atoms with van der Waals surface area (Å²) in [5.41, 5.74) is 4.15. The second kappa shape index (κ2) is 8.41. The summed E-state index contributed by atoms with van der Waals surface area (Å²) >= 11 is 7.81. The number of fused-ring (bicyclic) bond motifs is 2. The standard InChI is InChI=1S/C22H21ClN2O2S/c1-27-16-9-7-15(8-10-16)24-21(26)13-28-22-17-4-2-3-5-19(17)25-20-11-6-14(23)12-18(20)22/h6-12H,2-5,13H2,1H3,(H,24,26). The molecule has 0 fully saturated rings. The van der Waals surface area contributed by atoms with E-state index in [1.54, 1.807) is 18.9 Å². The summed E-state index contributed by atoms with van der Waals surface area (Å²) in [6.45, 7) is 0. The number of methoxy groups -OCH3 is 1. The van der Waals surface area contributed by atoms with Gasteiger partial charge in [0, 0.05) is 26.7 Å². The number of benzene rings is 2. The van der Waals surface area contributed by atoms with E-state index in [1.807, 2.05) is 42.5 Å². The fraction of sp³-hybridized carbons (Fsp3) is 0.273. The van der Waals surface area contributed by atoms with Crippen molar-refractivity contribution in [3.05, 3.63) is 58.7 Å². The van der Waals surface area contributed by atoms with E-state index in [1.165, 1.54) is 17.7 Å². The first-order valence-corrected chi connectivity index (χ1v) is 10.7. The molecule has 1 amide bonds. The predicted octanol–water partition coefficient (Wildman–Crippen LogP) is 5.51. The van der Waals surface area contributed by atoms with Gasteiger partial charge >= 0.3 is 0 Å². The Bertz CT molecular complexity index is 1020. The van der Waals surface area contributed by atoms with Crippen LogP contribution in [-0.4, -0.2) is 23.8 Å². The zero-order valence-corrected chi connectivity index (χ0v) is 17.2. The zero-order chi connectivity index (χ0) is 19.5. The van der Waals surface area contributed by atoms with E-state index in [4.69, 9.17) is 21.3 Å². The number of halogens is 1. The molecule has 0 aliphatic heterocycles. The molecule has 144 valence electrons. The van der Waals surface area contributed by atoms with Gasteiger partial charge in [-0.05, 0) is 73.7 Å². The Labute approximate surface area is 173 Å². The van der Waals surface area contributed by atoms with E-state index in [9.17, 15) is 4.79 Å². The van der Waals surface area contributed by atoms with Crippen molar-refractivity contribution in [3.63, 3.8) is 0 Å². The van der Waals surface area contributed by atoms with Crippen LogP contribution in [0, 0.1) is 0 Å². The van der Waals surface area contributed by atoms with Crippen LogP contribution in [0.2, 0.25) is 5.02 Å². The van der Waals surface area contributed by atoms with Gasteiger partial charge in [-0.3, -0.25) is 9.78 Å². The molecule has 6 heteroatoms. The zero-order valence-electron chi connectivity index (χ0n) is 15.6. The van der Waals surface area contributed by atoms with Crippen LogP contribution in [0.5, 0.6) is 5.75 Å². The van der Waals surface area contributed by atoms with Crippen molar-refractivity contribution >= 4 is 45.9 Å². The summed E-state index contributed by atoms with van der Waals surface area (Å²) in [6.07, 6.45) is 4.33. The van der Waals surface area contributed by atoms with E-state index >= 15 is 0 Å². The third-order valence-corrected chi connectivity index (χ3v) is 6.29. The highest BCUT2D eigenvalue weighted by Gasteiger charge is 2.19. The highest BCUT2D eigenvalue weighted by Crippen LogP contribution is 2.37. The fourth-order valence-corrected chi connectivity index (χ4v) is 4.76. The van der Waals surface area contributed by atoms with E-state index in [0.717, 1.165) is 46.5 Å². The molecule has 0 spiro atoms. The van der Waals surface area contributed by atoms with Crippen LogP contribution < -0.4 is 10.1 Å². The molecular formula is C22H21ClN2O2S. The number of aromatic nitrogens is 1. The molecule has 2 aromatic carbocycles. The lowest BCUT2D eigenvalue weighted by molar-refractivity contribution is -0.113. The van der Waals surface area contributed by atoms with Crippen LogP contribution in [0.4, 0.5) is 5.69 Å². The first-order chi connectivity index (χ1) is 13.6. The van der Waals surface area contributed by atoms with Crippen molar-refractivity contribution in [1.82, 2.24) is 4.98 Å². The number of hydrogen-bond acceptors (Lipinski definition) is 4. The number of hydrogen-bond donors (Lipinski definition) is 1. The minimum Gasteiger partial charge on any atom is -0.497 e. The smallest absolute Gasteiger partial charge is 0.234 e. The first kappa shape index (κ1) is 19.1. The number of thioether (sulfide) groups is 1. The lowest BCUT2D eigenvalue weighted by atomic mass is 9.94. The molecule has 0 radical (unpaired) electrons. The maximum absolute atomic E-state index is 12.5. The summed E-state index contributed by atoms with van der Waals surface area (Å²) in [5, 5.41) is 4.67. The van der Waals surface area contributed by atoms with Gasteiger partial charge in [0.2, 0.25) is 5.91 Å². The summed E-state index contributed by atoms with van der Waals surface area (Å²) in [7, 11) is 1.62. The summed E-state index contributed by atoms with van der Waals surface area (Å²) < 4.78 is 5.15. The number of pyridine rings is 1. The lowest BCUT2D eigenvalue weighted by Crippen LogP contribution is -2.15. The number of carbonyl (C=O) groups excluding carboxylic acids is 1. The third kappa shape index (κ3) is 4.10. The number of anilines is 1. The number of nitrogens with one attached hydrogen (secondary N) is 1. The molecule has 0 saturated heterocycles. The van der Waals surface area contributed by atoms with Gasteiger partial charge in [0.15, 0.2) is 0 Å². The molecule has 0 unspecified atom stereocenters. The SMILES string of the molecule is COc1ccc(NC(=O)CSc2c3c(nc4ccc(Cl)cc24)CCCC3)cc1. The van der Waals surface area contributed by atoms with Crippen LogP contribution in [0.3, 0.4) is 0 Å². The van der Waals surface area contributed by atoms with Gasteiger partial charge in [-0.1, -0.05) is 11.6 Å². The molecule has 0 saturated carbocycles. The number of aryl methyl sites for hydroxylation is 1. The monoisotopic (exact) mass is 412 g/mol. The van der Waals surface area contributed by atoms with E-state index in [2.05, 4.69) is 5.32 Å².